The molecule has 1 aromatic rings. The van der Waals surface area contributed by atoms with Crippen molar-refractivity contribution >= 4 is 0 Å². The van der Waals surface area contributed by atoms with Crippen molar-refractivity contribution in [2.45, 2.75) is 45.7 Å². The summed E-state index contributed by atoms with van der Waals surface area (Å²) in [5.41, 5.74) is 1.22. The summed E-state index contributed by atoms with van der Waals surface area (Å²) in [6.45, 7) is 10.8. The summed E-state index contributed by atoms with van der Waals surface area (Å²) in [5, 5.41) is 3.48. The zero-order chi connectivity index (χ0) is 10.3. The van der Waals surface area contributed by atoms with Crippen LogP contribution < -0.4 is 5.32 Å². The van der Waals surface area contributed by atoms with E-state index in [4.69, 9.17) is 4.98 Å². The lowest BCUT2D eigenvalue weighted by molar-refractivity contribution is 0.316. The van der Waals surface area contributed by atoms with E-state index >= 15 is 0 Å². The van der Waals surface area contributed by atoms with Crippen LogP contribution in [-0.4, -0.2) is 16.1 Å². The summed E-state index contributed by atoms with van der Waals surface area (Å²) in [6, 6.07) is 0. The molecule has 2 heterocycles. The molecule has 1 aliphatic rings. The highest BCUT2D eigenvalue weighted by Crippen LogP contribution is 2.25. The van der Waals surface area contributed by atoms with Crippen molar-refractivity contribution in [3.05, 3.63) is 17.7 Å². The van der Waals surface area contributed by atoms with E-state index < -0.39 is 0 Å². The van der Waals surface area contributed by atoms with Crippen molar-refractivity contribution in [2.75, 3.05) is 6.54 Å². The molecule has 14 heavy (non-hydrogen) atoms. The molecule has 0 amide bonds. The third kappa shape index (κ3) is 1.46. The summed E-state index contributed by atoms with van der Waals surface area (Å²) in [5.74, 6) is 1.69. The minimum absolute atomic E-state index is 0.0192. The van der Waals surface area contributed by atoms with Crippen molar-refractivity contribution in [3.63, 3.8) is 0 Å². The Bertz CT molecular complexity index is 336. The molecule has 1 aromatic heterocycles. The van der Waals surface area contributed by atoms with E-state index in [0.717, 1.165) is 13.1 Å². The number of nitrogens with zero attached hydrogens (tertiary/aromatic N) is 2. The molecule has 78 valence electrons. The number of imidazole rings is 1. The molecule has 0 radical (unpaired) electrons. The van der Waals surface area contributed by atoms with Gasteiger partial charge in [-0.25, -0.2) is 4.98 Å². The number of fused-ring (bicyclic) bond motifs is 1. The second-order valence-corrected chi connectivity index (χ2v) is 4.89. The van der Waals surface area contributed by atoms with E-state index in [1.165, 1.54) is 11.5 Å². The SMILES string of the molecule is CC(C)c1cn2c(n1)C(C)(C)NCC2. The Hall–Kier alpha value is -0.830. The topological polar surface area (TPSA) is 29.9 Å². The van der Waals surface area contributed by atoms with Crippen molar-refractivity contribution in [2.24, 2.45) is 0 Å². The van der Waals surface area contributed by atoms with Gasteiger partial charge in [0.1, 0.15) is 5.82 Å². The fourth-order valence-corrected chi connectivity index (χ4v) is 1.95. The van der Waals surface area contributed by atoms with Gasteiger partial charge in [-0.15, -0.1) is 0 Å². The molecular weight excluding hydrogens is 174 g/mol. The second kappa shape index (κ2) is 3.09. The molecule has 0 unspecified atom stereocenters. The highest BCUT2D eigenvalue weighted by atomic mass is 15.2. The molecule has 0 atom stereocenters. The van der Waals surface area contributed by atoms with Gasteiger partial charge in [0.25, 0.3) is 0 Å². The summed E-state index contributed by atoms with van der Waals surface area (Å²) < 4.78 is 2.28. The van der Waals surface area contributed by atoms with Crippen LogP contribution in [0.4, 0.5) is 0 Å². The van der Waals surface area contributed by atoms with E-state index in [2.05, 4.69) is 43.8 Å². The van der Waals surface area contributed by atoms with Gasteiger partial charge < -0.3 is 9.88 Å². The van der Waals surface area contributed by atoms with Crippen LogP contribution in [0.3, 0.4) is 0 Å². The Labute approximate surface area is 85.5 Å². The largest absolute Gasteiger partial charge is 0.332 e. The van der Waals surface area contributed by atoms with E-state index in [1.54, 1.807) is 0 Å². The molecule has 0 spiro atoms. The minimum Gasteiger partial charge on any atom is -0.332 e. The Morgan fingerprint density at radius 2 is 2.21 bits per heavy atom. The maximum absolute atomic E-state index is 4.70. The highest BCUT2D eigenvalue weighted by Gasteiger charge is 2.29. The first-order valence-electron chi connectivity index (χ1n) is 5.33. The molecule has 1 N–H and O–H groups in total. The lowest BCUT2D eigenvalue weighted by Crippen LogP contribution is -2.45. The van der Waals surface area contributed by atoms with Gasteiger partial charge in [0.2, 0.25) is 0 Å². The van der Waals surface area contributed by atoms with E-state index in [9.17, 15) is 0 Å². The fraction of sp³-hybridized carbons (Fsp3) is 0.727. The van der Waals surface area contributed by atoms with Gasteiger partial charge in [0.05, 0.1) is 11.2 Å². The lowest BCUT2D eigenvalue weighted by Gasteiger charge is -2.31. The minimum atomic E-state index is 0.0192. The molecule has 1 aliphatic heterocycles. The van der Waals surface area contributed by atoms with Crippen LogP contribution in [-0.2, 0) is 12.1 Å². The molecule has 3 nitrogen and oxygen atoms in total. The summed E-state index contributed by atoms with van der Waals surface area (Å²) in [6.07, 6.45) is 2.20. The average molecular weight is 193 g/mol. The molecule has 0 fully saturated rings. The van der Waals surface area contributed by atoms with Gasteiger partial charge in [-0.2, -0.15) is 0 Å². The predicted octanol–water partition coefficient (Wildman–Crippen LogP) is 1.84. The summed E-state index contributed by atoms with van der Waals surface area (Å²) in [7, 11) is 0. The smallest absolute Gasteiger partial charge is 0.128 e. The zero-order valence-electron chi connectivity index (χ0n) is 9.46. The molecule has 0 saturated carbocycles. The van der Waals surface area contributed by atoms with Crippen molar-refractivity contribution < 1.29 is 0 Å². The Kier molecular flexibility index (Phi) is 2.14. The van der Waals surface area contributed by atoms with Crippen molar-refractivity contribution in [1.82, 2.24) is 14.9 Å². The number of hydrogen-bond donors (Lipinski definition) is 1. The molecule has 0 bridgehead atoms. The Morgan fingerprint density at radius 1 is 1.50 bits per heavy atom. The van der Waals surface area contributed by atoms with Crippen molar-refractivity contribution in [1.29, 1.82) is 0 Å². The van der Waals surface area contributed by atoms with Gasteiger partial charge in [-0.1, -0.05) is 13.8 Å². The monoisotopic (exact) mass is 193 g/mol. The van der Waals surface area contributed by atoms with Crippen LogP contribution in [0.25, 0.3) is 0 Å². The van der Waals surface area contributed by atoms with E-state index in [1.807, 2.05) is 0 Å². The average Bonchev–Trinajstić information content (AvgIpc) is 2.48. The number of rotatable bonds is 1. The Morgan fingerprint density at radius 3 is 2.79 bits per heavy atom. The quantitative estimate of drug-likeness (QED) is 0.737. The van der Waals surface area contributed by atoms with E-state index in [0.29, 0.717) is 5.92 Å². The third-order valence-electron chi connectivity index (χ3n) is 2.87. The van der Waals surface area contributed by atoms with Gasteiger partial charge in [0.15, 0.2) is 0 Å². The summed E-state index contributed by atoms with van der Waals surface area (Å²) in [4.78, 5) is 4.70. The van der Waals surface area contributed by atoms with Gasteiger partial charge >= 0.3 is 0 Å². The molecule has 0 aromatic carbocycles. The highest BCUT2D eigenvalue weighted by molar-refractivity contribution is 5.15. The first-order chi connectivity index (χ1) is 6.50. The van der Waals surface area contributed by atoms with Crippen LogP contribution in [0.2, 0.25) is 0 Å². The zero-order valence-corrected chi connectivity index (χ0v) is 9.46. The lowest BCUT2D eigenvalue weighted by atomic mass is 10.0. The predicted molar refractivity (Wildman–Crippen MR) is 57.3 cm³/mol. The van der Waals surface area contributed by atoms with Crippen LogP contribution >= 0.6 is 0 Å². The molecule has 2 rings (SSSR count). The van der Waals surface area contributed by atoms with Gasteiger partial charge in [-0.05, 0) is 19.8 Å². The number of hydrogen-bond acceptors (Lipinski definition) is 2. The normalized spacial score (nSPS) is 19.8. The maximum Gasteiger partial charge on any atom is 0.128 e. The molecule has 0 saturated heterocycles. The first-order valence-corrected chi connectivity index (χ1v) is 5.33. The van der Waals surface area contributed by atoms with Gasteiger partial charge in [0, 0.05) is 19.3 Å². The second-order valence-electron chi connectivity index (χ2n) is 4.89. The van der Waals surface area contributed by atoms with Crippen LogP contribution in [0.15, 0.2) is 6.20 Å². The summed E-state index contributed by atoms with van der Waals surface area (Å²) >= 11 is 0. The third-order valence-corrected chi connectivity index (χ3v) is 2.87. The fourth-order valence-electron chi connectivity index (χ4n) is 1.95. The maximum atomic E-state index is 4.70. The van der Waals surface area contributed by atoms with Crippen LogP contribution in [0.1, 0.15) is 45.1 Å². The number of nitrogens with one attached hydrogen (secondary N) is 1. The Balaban J connectivity index is 2.44. The van der Waals surface area contributed by atoms with Crippen LogP contribution in [0, 0.1) is 0 Å². The van der Waals surface area contributed by atoms with Crippen LogP contribution in [0.5, 0.6) is 0 Å². The van der Waals surface area contributed by atoms with Crippen molar-refractivity contribution in [3.8, 4) is 0 Å². The molecule has 3 heteroatoms. The van der Waals surface area contributed by atoms with E-state index in [-0.39, 0.29) is 5.54 Å². The first kappa shape index (κ1) is 9.71. The molecular formula is C11H19N3. The standard InChI is InChI=1S/C11H19N3/c1-8(2)9-7-14-6-5-12-11(3,4)10(14)13-9/h7-8,12H,5-6H2,1-4H3. The number of aromatic nitrogens is 2. The van der Waals surface area contributed by atoms with Gasteiger partial charge in [-0.3, -0.25) is 0 Å². The molecule has 0 aliphatic carbocycles.